The lowest BCUT2D eigenvalue weighted by molar-refractivity contribution is -0.198. The van der Waals surface area contributed by atoms with Crippen molar-refractivity contribution >= 4 is 60.7 Å². The molecule has 2 aromatic rings. The molecule has 5 aliphatic heterocycles. The monoisotopic (exact) mass is 658 g/mol. The van der Waals surface area contributed by atoms with Crippen molar-refractivity contribution < 1.29 is 53.0 Å². The van der Waals surface area contributed by atoms with Crippen molar-refractivity contribution in [2.45, 2.75) is 69.9 Å². The first-order valence-corrected chi connectivity index (χ1v) is 15.9. The van der Waals surface area contributed by atoms with Crippen LogP contribution < -0.4 is 16.2 Å². The summed E-state index contributed by atoms with van der Waals surface area (Å²) in [6.07, 6.45) is 0.822. The van der Waals surface area contributed by atoms with Crippen LogP contribution in [0.1, 0.15) is 70.4 Å². The molecule has 7 rings (SSSR count). The van der Waals surface area contributed by atoms with Crippen LogP contribution in [0.3, 0.4) is 0 Å². The predicted octanol–water partition coefficient (Wildman–Crippen LogP) is -1.88. The van der Waals surface area contributed by atoms with Gasteiger partial charge in [-0.05, 0) is 65.6 Å². The molecule has 0 saturated carbocycles. The molecular weight excluding hydrogens is 626 g/mol. The highest BCUT2D eigenvalue weighted by Crippen LogP contribution is 2.29. The lowest BCUT2D eigenvalue weighted by Crippen LogP contribution is -2.50. The number of rotatable bonds is 7. The summed E-state index contributed by atoms with van der Waals surface area (Å²) in [5, 5.41) is 23.7. The second-order valence-corrected chi connectivity index (χ2v) is 12.6. The minimum absolute atomic E-state index is 0.00747. The number of hydrogen-bond donors (Lipinski definition) is 3. The number of hydroxylamine groups is 2. The van der Waals surface area contributed by atoms with E-state index in [1.807, 2.05) is 0 Å². The highest BCUT2D eigenvalue weighted by molar-refractivity contribution is 6.62. The van der Waals surface area contributed by atoms with E-state index in [2.05, 4.69) is 5.32 Å². The Balaban J connectivity index is 1.10. The summed E-state index contributed by atoms with van der Waals surface area (Å²) in [4.78, 5) is 86.1. The summed E-state index contributed by atoms with van der Waals surface area (Å²) in [6.45, 7) is 0.759. The third-order valence-electron chi connectivity index (χ3n) is 9.57. The molecule has 0 spiro atoms. The van der Waals surface area contributed by atoms with Gasteiger partial charge < -0.3 is 39.3 Å². The maximum atomic E-state index is 14.2. The number of carbonyl (C=O) groups is 6. The highest BCUT2D eigenvalue weighted by Gasteiger charge is 2.45. The molecule has 248 valence electrons. The van der Waals surface area contributed by atoms with Gasteiger partial charge in [-0.1, -0.05) is 12.1 Å². The zero-order valence-corrected chi connectivity index (χ0v) is 25.8. The molecule has 3 atom stereocenters. The van der Waals surface area contributed by atoms with Crippen LogP contribution in [0.15, 0.2) is 36.4 Å². The van der Waals surface area contributed by atoms with Crippen molar-refractivity contribution in [1.82, 2.24) is 20.2 Å². The van der Waals surface area contributed by atoms with E-state index >= 15 is 0 Å². The number of carbonyl (C=O) groups excluding carboxylic acids is 6. The van der Waals surface area contributed by atoms with Gasteiger partial charge in [0.1, 0.15) is 6.04 Å². The number of imide groups is 1. The second kappa shape index (κ2) is 12.8. The number of amides is 5. The minimum atomic E-state index is -1.18. The van der Waals surface area contributed by atoms with Crippen LogP contribution in [-0.2, 0) is 46.5 Å². The van der Waals surface area contributed by atoms with Gasteiger partial charge in [0.2, 0.25) is 5.91 Å². The lowest BCUT2D eigenvalue weighted by Gasteiger charge is -2.31. The number of nitrogens with one attached hydrogen (secondary N) is 1. The molecule has 0 bridgehead atoms. The van der Waals surface area contributed by atoms with Crippen LogP contribution in [0.4, 0.5) is 0 Å². The van der Waals surface area contributed by atoms with Crippen LogP contribution in [-0.4, -0.2) is 106 Å². The summed E-state index contributed by atoms with van der Waals surface area (Å²) in [5.41, 5.74) is 2.99. The van der Waals surface area contributed by atoms with E-state index in [0.717, 1.165) is 11.1 Å². The summed E-state index contributed by atoms with van der Waals surface area (Å²) >= 11 is 0. The average molecular weight is 658 g/mol. The molecule has 0 aromatic heterocycles. The summed E-state index contributed by atoms with van der Waals surface area (Å²) < 4.78 is 10.5. The normalized spacial score (nSPS) is 23.2. The largest absolute Gasteiger partial charge is 0.491 e. The van der Waals surface area contributed by atoms with Gasteiger partial charge in [0.25, 0.3) is 23.6 Å². The van der Waals surface area contributed by atoms with Crippen LogP contribution in [0.5, 0.6) is 0 Å². The molecule has 0 unspecified atom stereocenters. The van der Waals surface area contributed by atoms with Gasteiger partial charge >= 0.3 is 20.2 Å². The fourth-order valence-electron chi connectivity index (χ4n) is 7.06. The molecule has 2 aromatic carbocycles. The highest BCUT2D eigenvalue weighted by atomic mass is 16.7. The standard InChI is InChI=1S/C31H32B2N4O11/c38-26-7-8-27(39)37(26)48-28(40)13-22-2-1-9-35(22)31(43)25-12-21(34-29(41)17-3-5-19-15-46-32(44)23(19)10-17)14-36(25)30(42)18-4-6-20-16-47-33(45)24(20)11-18/h3-6,10-11,21-22,25,44-45H,1-2,7-9,12-16H2,(H,34,41)/t21-,22+,25+/m1/s1. The molecular formula is C31H32B2N4O11. The quantitative estimate of drug-likeness (QED) is 0.223. The van der Waals surface area contributed by atoms with Gasteiger partial charge in [-0.3, -0.25) is 24.0 Å². The lowest BCUT2D eigenvalue weighted by atomic mass is 9.78. The first-order chi connectivity index (χ1) is 23.1. The van der Waals surface area contributed by atoms with Gasteiger partial charge in [-0.15, -0.1) is 5.06 Å². The number of fused-ring (bicyclic) bond motifs is 2. The van der Waals surface area contributed by atoms with Gasteiger partial charge in [0, 0.05) is 49.1 Å². The van der Waals surface area contributed by atoms with Crippen LogP contribution >= 0.6 is 0 Å². The molecule has 15 nitrogen and oxygen atoms in total. The van der Waals surface area contributed by atoms with E-state index in [1.54, 1.807) is 30.3 Å². The maximum Gasteiger partial charge on any atom is 0.491 e. The van der Waals surface area contributed by atoms with Crippen LogP contribution in [0.25, 0.3) is 0 Å². The Labute approximate surface area is 275 Å². The third kappa shape index (κ3) is 5.98. The summed E-state index contributed by atoms with van der Waals surface area (Å²) in [7, 11) is -2.31. The van der Waals surface area contributed by atoms with Crippen molar-refractivity contribution in [2.75, 3.05) is 13.1 Å². The summed E-state index contributed by atoms with van der Waals surface area (Å²) in [5.74, 6) is -3.37. The molecule has 3 N–H and O–H groups in total. The Morgan fingerprint density at radius 3 is 2.19 bits per heavy atom. The molecule has 17 heteroatoms. The van der Waals surface area contributed by atoms with E-state index in [9.17, 15) is 38.8 Å². The van der Waals surface area contributed by atoms with E-state index in [-0.39, 0.29) is 56.6 Å². The van der Waals surface area contributed by atoms with Gasteiger partial charge in [-0.2, -0.15) is 0 Å². The van der Waals surface area contributed by atoms with E-state index in [1.165, 1.54) is 15.9 Å². The molecule has 3 saturated heterocycles. The molecule has 5 aliphatic rings. The van der Waals surface area contributed by atoms with Gasteiger partial charge in [0.15, 0.2) is 0 Å². The van der Waals surface area contributed by atoms with E-state index < -0.39 is 67.9 Å². The van der Waals surface area contributed by atoms with Crippen LogP contribution in [0, 0.1) is 0 Å². The number of hydrogen-bond acceptors (Lipinski definition) is 11. The smallest absolute Gasteiger partial charge is 0.423 e. The van der Waals surface area contributed by atoms with Crippen molar-refractivity contribution in [3.63, 3.8) is 0 Å². The predicted molar refractivity (Wildman–Crippen MR) is 165 cm³/mol. The summed E-state index contributed by atoms with van der Waals surface area (Å²) in [6, 6.07) is 7.50. The molecule has 0 aliphatic carbocycles. The minimum Gasteiger partial charge on any atom is -0.423 e. The van der Waals surface area contributed by atoms with Crippen molar-refractivity contribution in [3.05, 3.63) is 58.7 Å². The first-order valence-electron chi connectivity index (χ1n) is 15.9. The van der Waals surface area contributed by atoms with Crippen molar-refractivity contribution in [1.29, 1.82) is 0 Å². The van der Waals surface area contributed by atoms with Crippen LogP contribution in [0.2, 0.25) is 0 Å². The number of benzene rings is 2. The average Bonchev–Trinajstić information content (AvgIpc) is 3.92. The Hall–Kier alpha value is -4.57. The molecule has 3 fully saturated rings. The SMILES string of the molecule is O=C(C[C@@H]1CCCN1C(=O)[C@@H]1C[C@@H](NC(=O)c2ccc3c(c2)B(O)OC3)CN1C(=O)c1ccc2c(c1)B(O)OC2)ON1C(=O)CCC1=O. The molecule has 0 radical (unpaired) electrons. The van der Waals surface area contributed by atoms with Gasteiger partial charge in [0.05, 0.1) is 19.6 Å². The number of likely N-dealkylation sites (tertiary alicyclic amines) is 2. The fraction of sp³-hybridized carbons (Fsp3) is 0.419. The Morgan fingerprint density at radius 1 is 0.896 bits per heavy atom. The van der Waals surface area contributed by atoms with E-state index in [0.29, 0.717) is 35.4 Å². The molecule has 48 heavy (non-hydrogen) atoms. The maximum absolute atomic E-state index is 14.2. The Morgan fingerprint density at radius 2 is 1.52 bits per heavy atom. The second-order valence-electron chi connectivity index (χ2n) is 12.6. The zero-order chi connectivity index (χ0) is 33.7. The van der Waals surface area contributed by atoms with Gasteiger partial charge in [-0.25, -0.2) is 4.79 Å². The molecule has 5 heterocycles. The van der Waals surface area contributed by atoms with E-state index in [4.69, 9.17) is 14.1 Å². The Kier molecular flexibility index (Phi) is 8.53. The molecule has 5 amide bonds. The Bertz CT molecular complexity index is 1710. The van der Waals surface area contributed by atoms with Crippen molar-refractivity contribution in [3.8, 4) is 0 Å². The number of nitrogens with zero attached hydrogens (tertiary/aromatic N) is 3. The fourth-order valence-corrected chi connectivity index (χ4v) is 7.06. The topological polar surface area (TPSA) is 192 Å². The zero-order valence-electron chi connectivity index (χ0n) is 25.8. The third-order valence-corrected chi connectivity index (χ3v) is 9.57. The first kappa shape index (κ1) is 32.0. The van der Waals surface area contributed by atoms with Crippen molar-refractivity contribution in [2.24, 2.45) is 0 Å².